The number of hydrogen-bond donors (Lipinski definition) is 10. The summed E-state index contributed by atoms with van der Waals surface area (Å²) in [5.41, 5.74) is 28.2. The normalized spacial score (nSPS) is 11.8. The number of nitrogens with one attached hydrogen (secondary N) is 2. The molecule has 0 fully saturated rings. The number of terminal acetylenes is 1. The van der Waals surface area contributed by atoms with Gasteiger partial charge in [0.2, 0.25) is 0 Å². The van der Waals surface area contributed by atoms with Crippen LogP contribution in [0.15, 0.2) is 227 Å². The van der Waals surface area contributed by atoms with Crippen molar-refractivity contribution in [2.45, 2.75) is 147 Å². The number of amides is 2. The number of alkyl halides is 3. The molecule has 2 amide bonds. The molecule has 37 heteroatoms. The fourth-order valence-electron chi connectivity index (χ4n) is 16.2. The van der Waals surface area contributed by atoms with Crippen LogP contribution in [-0.2, 0) is 66.4 Å². The maximum Gasteiger partial charge on any atom is 0.430 e. The first-order valence-electron chi connectivity index (χ1n) is 47.9. The van der Waals surface area contributed by atoms with Crippen molar-refractivity contribution < 1.29 is 133 Å². The highest BCUT2D eigenvalue weighted by atomic mass is 35.5. The number of aromatic nitrogens is 3. The lowest BCUT2D eigenvalue weighted by Crippen LogP contribution is -3.00. The zero-order valence-electron chi connectivity index (χ0n) is 80.8. The number of aromatic carboxylic acids is 1. The number of esters is 1. The molecule has 14 N–H and O–H groups in total. The van der Waals surface area contributed by atoms with E-state index < -0.39 is 35.6 Å². The van der Waals surface area contributed by atoms with E-state index in [0.29, 0.717) is 130 Å². The highest BCUT2D eigenvalue weighted by Gasteiger charge is 2.52. The first-order chi connectivity index (χ1) is 70.2. The summed E-state index contributed by atoms with van der Waals surface area (Å²) in [4.78, 5) is 74.7. The summed E-state index contributed by atoms with van der Waals surface area (Å²) in [6.07, 6.45) is 22.8. The van der Waals surface area contributed by atoms with Gasteiger partial charge in [-0.2, -0.15) is 13.2 Å². The summed E-state index contributed by atoms with van der Waals surface area (Å²) >= 11 is 0. The summed E-state index contributed by atoms with van der Waals surface area (Å²) < 4.78 is 90.9. The fraction of sp³-hybridized carbons (Fsp3) is 0.339. The largest absolute Gasteiger partial charge is 1.00 e. The van der Waals surface area contributed by atoms with Crippen molar-refractivity contribution in [1.82, 2.24) is 25.6 Å². The average molecular weight is 2030 g/mol. The molecule has 1 aromatic heterocycles. The smallest absolute Gasteiger partial charge is 0.430 e. The van der Waals surface area contributed by atoms with Crippen LogP contribution in [0.4, 0.5) is 13.2 Å². The number of aliphatic carboxylic acids is 1. The number of hydrogen-bond acceptors (Lipinski definition) is 23. The fourth-order valence-corrected chi connectivity index (χ4v) is 16.2. The number of nitrogens with two attached hydrogens (primary N) is 4. The number of benzene rings is 10. The summed E-state index contributed by atoms with van der Waals surface area (Å²) in [6, 6.07) is 59.3. The summed E-state index contributed by atoms with van der Waals surface area (Å²) in [7, 11) is 0. The van der Waals surface area contributed by atoms with E-state index in [1.54, 1.807) is 77.6 Å². The molecule has 0 bridgehead atoms. The Kier molecular flexibility index (Phi) is 44.9. The van der Waals surface area contributed by atoms with Gasteiger partial charge in [-0.1, -0.05) is 142 Å². The molecular weight excluding hydrogens is 1910 g/mol. The number of aromatic hydroxyl groups is 3. The van der Waals surface area contributed by atoms with E-state index in [1.165, 1.54) is 131 Å². The SMILES string of the molecule is C#CCNC(=O)c1ccc2c(c1)C(=O)OC21c2ccc(O)cc2Cc2cc(O)ccc21.NC(=[NH2+])c1ccc(OCCCCCCCCCCOc2ccc(CCOCCOCCn3cc(CNC(=O)c4ccc(-c5c6ccc(=O)cc-6oc6cc(O)ccc56)c(C(=O)O)c4)nn3)cc2)cc1.O=C([O-])C(F)(F)F.[Cl-].[N-]=[N+]=NCCOCCOCCc1ccc(OCCCCCCCCCCOc2ccc(C(N)=[NH2+])cc2)cc1. The quantitative estimate of drug-likeness (QED) is 0.00195. The molecule has 10 aromatic rings. The molecule has 4 aliphatic rings. The van der Waals surface area contributed by atoms with Crippen molar-refractivity contribution in [3.05, 3.63) is 311 Å². The number of ether oxygens (including phenoxy) is 9. The van der Waals surface area contributed by atoms with Gasteiger partial charge in [-0.05, 0) is 224 Å². The predicted octanol–water partition coefficient (Wildman–Crippen LogP) is 10.6. The number of fused-ring (bicyclic) bond motifs is 8. The van der Waals surface area contributed by atoms with Crippen LogP contribution >= 0.6 is 0 Å². The molecule has 3 heterocycles. The van der Waals surface area contributed by atoms with Crippen molar-refractivity contribution in [3.8, 4) is 75.0 Å². The molecule has 2 aliphatic carbocycles. The van der Waals surface area contributed by atoms with E-state index in [-0.39, 0.29) is 82.1 Å². The van der Waals surface area contributed by atoms with Gasteiger partial charge < -0.3 is 100 Å². The Morgan fingerprint density at radius 1 is 0.527 bits per heavy atom. The second-order valence-corrected chi connectivity index (χ2v) is 34.1. The number of halogens is 4. The molecule has 770 valence electrons. The standard InChI is InChI=1S/C53H58N6O10.C29H43N5O4.C25H17NO5.C2HF3O2.ClH/c54-51(55)37-11-18-43(19-12-37)68-26-8-6-4-2-1-3-5-7-25-67-42-16-9-36(10-17-42)23-27-65-29-30-66-28-24-59-35-39(57-58-59)34-56-52(62)38-13-20-44(47(31-38)53(63)64)50-45-21-14-40(60)32-48(45)69-49-33-41(61)15-22-46(49)50;30-29(31)26-11-15-28(16-12-26)38-20-8-6-4-2-1-3-5-7-19-37-27-13-9-25(10-14-27)17-21-35-23-24-36-22-18-33-34-32;1-2-9-26-23(29)14-3-6-22-19(13-14)24(30)31-25(22)20-7-4-17(27)11-15(20)10-16-12-18(28)5-8-21(16)25;3-2(4,5)1(6)7;/h9-22,31-33,35,60H,1-8,23-30,34H2,(H3,54,55)(H,56,62)(H,63,64);9-16H,1-8,17-24H2,(H3,30,31);1,3-8,11-13,27-28H,9-10H2,(H,26,29);(H,6,7);1H. The third kappa shape index (κ3) is 34.7. The van der Waals surface area contributed by atoms with Crippen LogP contribution in [0.2, 0.25) is 0 Å². The highest BCUT2D eigenvalue weighted by Crippen LogP contribution is 2.53. The number of rotatable bonds is 53. The van der Waals surface area contributed by atoms with Gasteiger partial charge in [-0.25, -0.2) is 14.3 Å². The predicted molar refractivity (Wildman–Crippen MR) is 534 cm³/mol. The summed E-state index contributed by atoms with van der Waals surface area (Å²) in [5.74, 6) is 1.16. The number of carbonyl (C=O) groups excluding carboxylic acids is 4. The lowest BCUT2D eigenvalue weighted by molar-refractivity contribution is -0.344. The van der Waals surface area contributed by atoms with Crippen molar-refractivity contribution in [3.63, 3.8) is 0 Å². The van der Waals surface area contributed by atoms with E-state index in [2.05, 4.69) is 61.2 Å². The zero-order chi connectivity index (χ0) is 103. The van der Waals surface area contributed by atoms with E-state index in [4.69, 9.17) is 91.2 Å². The van der Waals surface area contributed by atoms with Crippen LogP contribution in [0.1, 0.15) is 200 Å². The molecular formula is C109H120ClF3N12O21. The molecule has 2 aliphatic heterocycles. The van der Waals surface area contributed by atoms with Gasteiger partial charge in [-0.3, -0.25) is 36.7 Å². The van der Waals surface area contributed by atoms with Gasteiger partial charge in [0.05, 0.1) is 127 Å². The molecule has 1 spiro atoms. The molecule has 9 aromatic carbocycles. The van der Waals surface area contributed by atoms with E-state index >= 15 is 0 Å². The number of carboxylic acid groups (broad SMARTS) is 2. The number of carbonyl (C=O) groups is 5. The zero-order valence-corrected chi connectivity index (χ0v) is 81.5. The molecule has 14 rings (SSSR count). The van der Waals surface area contributed by atoms with Crippen LogP contribution in [-0.4, -0.2) is 175 Å². The Morgan fingerprint density at radius 2 is 0.959 bits per heavy atom. The molecule has 0 saturated heterocycles. The maximum atomic E-state index is 13.2. The van der Waals surface area contributed by atoms with Crippen molar-refractivity contribution in [2.75, 3.05) is 92.4 Å². The second-order valence-electron chi connectivity index (χ2n) is 34.1. The first kappa shape index (κ1) is 112. The maximum absolute atomic E-state index is 13.2. The molecule has 146 heavy (non-hydrogen) atoms. The van der Waals surface area contributed by atoms with Crippen LogP contribution in [0.5, 0.6) is 40.2 Å². The van der Waals surface area contributed by atoms with Crippen molar-refractivity contribution >= 4 is 52.4 Å². The Labute approximate surface area is 848 Å². The summed E-state index contributed by atoms with van der Waals surface area (Å²) in [5, 5.41) is 77.9. The number of azide groups is 1. The lowest BCUT2D eigenvalue weighted by Gasteiger charge is -2.37. The van der Waals surface area contributed by atoms with Crippen LogP contribution in [0, 0.1) is 12.3 Å². The molecule has 0 saturated carbocycles. The highest BCUT2D eigenvalue weighted by molar-refractivity contribution is 6.09. The Bertz CT molecular complexity index is 6380. The lowest BCUT2D eigenvalue weighted by atomic mass is 9.71. The van der Waals surface area contributed by atoms with Gasteiger partial charge >= 0.3 is 18.1 Å². The van der Waals surface area contributed by atoms with E-state index in [0.717, 1.165) is 115 Å². The second kappa shape index (κ2) is 58.3. The van der Waals surface area contributed by atoms with Gasteiger partial charge in [-0.15, -0.1) is 11.5 Å². The monoisotopic (exact) mass is 2020 g/mol. The Hall–Kier alpha value is -15.5. The van der Waals surface area contributed by atoms with Crippen LogP contribution < -0.4 is 74.8 Å². The van der Waals surface area contributed by atoms with Crippen molar-refractivity contribution in [1.29, 1.82) is 0 Å². The number of nitrogens with zero attached hydrogens (tertiary/aromatic N) is 6. The van der Waals surface area contributed by atoms with Gasteiger partial charge in [0.15, 0.2) is 11.0 Å². The molecule has 0 radical (unpaired) electrons. The number of carboxylic acids is 2. The van der Waals surface area contributed by atoms with Gasteiger partial charge in [0, 0.05) is 67.9 Å². The number of unbranched alkanes of at least 4 members (excludes halogenated alkanes) is 14. The molecule has 0 atom stereocenters. The van der Waals surface area contributed by atoms with E-state index in [1.807, 2.05) is 72.8 Å². The van der Waals surface area contributed by atoms with Crippen molar-refractivity contribution in [2.24, 2.45) is 16.6 Å². The minimum Gasteiger partial charge on any atom is -1.00 e. The molecule has 0 unspecified atom stereocenters. The number of amidine groups is 2. The third-order valence-electron chi connectivity index (χ3n) is 23.6. The van der Waals surface area contributed by atoms with Gasteiger partial charge in [0.25, 0.3) is 23.5 Å². The minimum atomic E-state index is -5.19. The third-order valence-corrected chi connectivity index (χ3v) is 23.6. The topological polar surface area (TPSA) is 509 Å². The van der Waals surface area contributed by atoms with E-state index in [9.17, 15) is 57.6 Å². The average Bonchev–Trinajstić information content (AvgIpc) is 1.51. The minimum absolute atomic E-state index is 0. The summed E-state index contributed by atoms with van der Waals surface area (Å²) in [6.45, 7) is 7.85. The molecule has 33 nitrogen and oxygen atoms in total. The van der Waals surface area contributed by atoms with Crippen LogP contribution in [0.3, 0.4) is 0 Å². The van der Waals surface area contributed by atoms with Gasteiger partial charge in [0.1, 0.15) is 63.3 Å². The Morgan fingerprint density at radius 3 is 1.44 bits per heavy atom. The van der Waals surface area contributed by atoms with Crippen LogP contribution in [0.25, 0.3) is 43.9 Å². The first-order valence-corrected chi connectivity index (χ1v) is 47.9. The Balaban J connectivity index is 0.000000237. The number of phenolic OH excluding ortho intramolecular Hbond substituents is 3. The number of phenols is 3.